The van der Waals surface area contributed by atoms with Crippen molar-refractivity contribution in [3.05, 3.63) is 63.4 Å². The van der Waals surface area contributed by atoms with Gasteiger partial charge in [-0.2, -0.15) is 0 Å². The van der Waals surface area contributed by atoms with Gasteiger partial charge in [0.1, 0.15) is 5.82 Å². The minimum absolute atomic E-state index is 0.0108. The Hall–Kier alpha value is -2.06. The van der Waals surface area contributed by atoms with Gasteiger partial charge >= 0.3 is 0 Å². The van der Waals surface area contributed by atoms with Crippen LogP contribution >= 0.6 is 23.2 Å². The summed E-state index contributed by atoms with van der Waals surface area (Å²) < 4.78 is 14.2. The molecule has 0 radical (unpaired) electrons. The molecule has 0 saturated carbocycles. The number of hydrogen-bond donors (Lipinski definition) is 0. The Bertz CT molecular complexity index is 1020. The van der Waals surface area contributed by atoms with E-state index < -0.39 is 0 Å². The maximum Gasteiger partial charge on any atom is 0.229 e. The van der Waals surface area contributed by atoms with E-state index >= 15 is 0 Å². The Morgan fingerprint density at radius 3 is 2.52 bits per heavy atom. The van der Waals surface area contributed by atoms with Crippen molar-refractivity contribution in [1.82, 2.24) is 4.90 Å². The fourth-order valence-corrected chi connectivity index (χ4v) is 5.01. The van der Waals surface area contributed by atoms with Gasteiger partial charge in [-0.3, -0.25) is 4.79 Å². The highest BCUT2D eigenvalue weighted by molar-refractivity contribution is 6.40. The second-order valence-corrected chi connectivity index (χ2v) is 9.91. The van der Waals surface area contributed by atoms with E-state index in [0.717, 1.165) is 31.4 Å². The molecule has 6 heteroatoms. The van der Waals surface area contributed by atoms with Crippen molar-refractivity contribution >= 4 is 34.8 Å². The van der Waals surface area contributed by atoms with E-state index in [1.807, 2.05) is 13.0 Å². The summed E-state index contributed by atoms with van der Waals surface area (Å²) >= 11 is 13.2. The first-order chi connectivity index (χ1) is 15.8. The third-order valence-electron chi connectivity index (χ3n) is 5.96. The van der Waals surface area contributed by atoms with Crippen LogP contribution in [0.2, 0.25) is 10.0 Å². The summed E-state index contributed by atoms with van der Waals surface area (Å²) in [5, 5.41) is 0.818. The zero-order chi connectivity index (χ0) is 24.0. The zero-order valence-corrected chi connectivity index (χ0v) is 21.0. The van der Waals surface area contributed by atoms with Crippen LogP contribution in [0.3, 0.4) is 0 Å². The molecule has 176 valence electrons. The van der Waals surface area contributed by atoms with Gasteiger partial charge in [0.15, 0.2) is 0 Å². The van der Waals surface area contributed by atoms with E-state index in [9.17, 15) is 9.18 Å². The number of carbonyl (C=O) groups excluding carboxylic acids is 1. The van der Waals surface area contributed by atoms with Gasteiger partial charge in [0, 0.05) is 24.4 Å². The molecular weight excluding hydrogens is 458 g/mol. The van der Waals surface area contributed by atoms with Gasteiger partial charge in [0.2, 0.25) is 5.91 Å². The molecule has 0 N–H and O–H groups in total. The Kier molecular flexibility index (Phi) is 9.20. The van der Waals surface area contributed by atoms with Crippen molar-refractivity contribution in [2.45, 2.75) is 39.0 Å². The van der Waals surface area contributed by atoms with Gasteiger partial charge in [-0.05, 0) is 76.0 Å². The summed E-state index contributed by atoms with van der Waals surface area (Å²) in [5.41, 5.74) is 1.92. The summed E-state index contributed by atoms with van der Waals surface area (Å²) in [7, 11) is 4.13. The standard InChI is InChI=1S/C27H31Cl2FN2O/c1-19-14-21(15-22-11-7-8-12-25(22)30)18-32(27(19)33)26-23(28)16-20(17-24(26)29)10-6-4-5-9-13-31(2)3/h7-8,11-12,16-17,19,21H,4-5,9,13-15,18H2,1-3H3/t19-,21-/m1/s1. The van der Waals surface area contributed by atoms with E-state index in [4.69, 9.17) is 23.2 Å². The van der Waals surface area contributed by atoms with Crippen molar-refractivity contribution < 1.29 is 9.18 Å². The van der Waals surface area contributed by atoms with Crippen LogP contribution < -0.4 is 4.90 Å². The molecule has 0 unspecified atom stereocenters. The first kappa shape index (κ1) is 25.6. The van der Waals surface area contributed by atoms with Crippen LogP contribution in [0.5, 0.6) is 0 Å². The van der Waals surface area contributed by atoms with Crippen molar-refractivity contribution in [1.29, 1.82) is 0 Å². The van der Waals surface area contributed by atoms with Crippen molar-refractivity contribution in [3.8, 4) is 11.8 Å². The lowest BCUT2D eigenvalue weighted by Gasteiger charge is -2.37. The third-order valence-corrected chi connectivity index (χ3v) is 6.53. The molecule has 0 bridgehead atoms. The van der Waals surface area contributed by atoms with Gasteiger partial charge in [-0.15, -0.1) is 0 Å². The number of amides is 1. The second-order valence-electron chi connectivity index (χ2n) is 9.10. The van der Waals surface area contributed by atoms with Crippen molar-refractivity contribution in [2.75, 3.05) is 32.1 Å². The third kappa shape index (κ3) is 6.96. The maximum absolute atomic E-state index is 14.2. The van der Waals surface area contributed by atoms with E-state index in [0.29, 0.717) is 40.7 Å². The normalized spacial score (nSPS) is 18.4. The fourth-order valence-electron chi connectivity index (χ4n) is 4.32. The lowest BCUT2D eigenvalue weighted by Crippen LogP contribution is -2.45. The van der Waals surface area contributed by atoms with Crippen LogP contribution in [0.15, 0.2) is 36.4 Å². The highest BCUT2D eigenvalue weighted by atomic mass is 35.5. The number of unbranched alkanes of at least 4 members (excludes halogenated alkanes) is 2. The number of carbonyl (C=O) groups is 1. The summed E-state index contributed by atoms with van der Waals surface area (Å²) in [6, 6.07) is 10.3. The van der Waals surface area contributed by atoms with E-state index in [-0.39, 0.29) is 23.6 Å². The van der Waals surface area contributed by atoms with Gasteiger partial charge < -0.3 is 9.80 Å². The average molecular weight is 489 g/mol. The second kappa shape index (κ2) is 11.9. The lowest BCUT2D eigenvalue weighted by atomic mass is 9.85. The predicted molar refractivity (Wildman–Crippen MR) is 135 cm³/mol. The van der Waals surface area contributed by atoms with Crippen molar-refractivity contribution in [3.63, 3.8) is 0 Å². The largest absolute Gasteiger partial charge is 0.309 e. The van der Waals surface area contributed by atoms with Gasteiger partial charge in [-0.25, -0.2) is 4.39 Å². The van der Waals surface area contributed by atoms with E-state index in [2.05, 4.69) is 30.8 Å². The molecule has 1 saturated heterocycles. The maximum atomic E-state index is 14.2. The number of anilines is 1. The van der Waals surface area contributed by atoms with Gasteiger partial charge in [0.25, 0.3) is 0 Å². The SMILES string of the molecule is C[C@@H]1C[C@H](Cc2ccccc2F)CN(c2c(Cl)cc(C#CCCCCN(C)C)cc2Cl)C1=O. The first-order valence-corrected chi connectivity index (χ1v) is 12.2. The number of rotatable bonds is 7. The zero-order valence-electron chi connectivity index (χ0n) is 19.5. The molecule has 3 rings (SSSR count). The Morgan fingerprint density at radius 2 is 1.85 bits per heavy atom. The molecule has 0 spiro atoms. The summed E-state index contributed by atoms with van der Waals surface area (Å²) in [4.78, 5) is 16.8. The van der Waals surface area contributed by atoms with Crippen LogP contribution in [-0.4, -0.2) is 38.0 Å². The van der Waals surface area contributed by atoms with Crippen LogP contribution in [0.1, 0.15) is 43.7 Å². The molecule has 2 aromatic carbocycles. The minimum Gasteiger partial charge on any atom is -0.309 e. The number of piperidine rings is 1. The average Bonchev–Trinajstić information content (AvgIpc) is 2.75. The molecule has 1 heterocycles. The fraction of sp³-hybridized carbons (Fsp3) is 0.444. The van der Waals surface area contributed by atoms with Gasteiger partial charge in [0.05, 0.1) is 15.7 Å². The highest BCUT2D eigenvalue weighted by Gasteiger charge is 2.34. The Labute approximate surface area is 206 Å². The van der Waals surface area contributed by atoms with Crippen LogP contribution in [0, 0.1) is 29.5 Å². The molecule has 3 nitrogen and oxygen atoms in total. The molecule has 1 amide bonds. The van der Waals surface area contributed by atoms with Crippen LogP contribution in [0.25, 0.3) is 0 Å². The summed E-state index contributed by atoms with van der Waals surface area (Å²) in [6.45, 7) is 3.41. The summed E-state index contributed by atoms with van der Waals surface area (Å²) in [5.74, 6) is 6.02. The molecular formula is C27H31Cl2FN2O. The molecule has 1 fully saturated rings. The Morgan fingerprint density at radius 1 is 1.15 bits per heavy atom. The molecule has 2 aromatic rings. The smallest absolute Gasteiger partial charge is 0.229 e. The van der Waals surface area contributed by atoms with E-state index in [1.165, 1.54) is 6.07 Å². The highest BCUT2D eigenvalue weighted by Crippen LogP contribution is 2.39. The Balaban J connectivity index is 1.74. The quantitative estimate of drug-likeness (QED) is 0.330. The monoisotopic (exact) mass is 488 g/mol. The number of hydrogen-bond acceptors (Lipinski definition) is 2. The van der Waals surface area contributed by atoms with Crippen LogP contribution in [-0.2, 0) is 11.2 Å². The van der Waals surface area contributed by atoms with Crippen molar-refractivity contribution in [2.24, 2.45) is 11.8 Å². The molecule has 2 atom stereocenters. The lowest BCUT2D eigenvalue weighted by molar-refractivity contribution is -0.124. The predicted octanol–water partition coefficient (Wildman–Crippen LogP) is 6.45. The molecule has 33 heavy (non-hydrogen) atoms. The molecule has 0 aliphatic carbocycles. The topological polar surface area (TPSA) is 23.6 Å². The molecule has 1 aliphatic rings. The minimum atomic E-state index is -0.214. The van der Waals surface area contributed by atoms with Gasteiger partial charge in [-0.1, -0.05) is 60.2 Å². The van der Waals surface area contributed by atoms with E-state index in [1.54, 1.807) is 29.2 Å². The molecule has 0 aromatic heterocycles. The summed E-state index contributed by atoms with van der Waals surface area (Å²) in [6.07, 6.45) is 4.22. The number of nitrogens with zero attached hydrogens (tertiary/aromatic N) is 2. The van der Waals surface area contributed by atoms with Crippen LogP contribution in [0.4, 0.5) is 10.1 Å². The first-order valence-electron chi connectivity index (χ1n) is 11.4. The number of halogens is 3. The number of benzene rings is 2. The molecule has 1 aliphatic heterocycles.